The van der Waals surface area contributed by atoms with Crippen LogP contribution in [0.5, 0.6) is 0 Å². The van der Waals surface area contributed by atoms with Crippen LogP contribution in [0.3, 0.4) is 0 Å². The number of carboxylic acid groups (broad SMARTS) is 1. The fraction of sp³-hybridized carbons (Fsp3) is 0.0345. The second-order valence-corrected chi connectivity index (χ2v) is 8.25. The number of carbonyl (C=O) groups excluding carboxylic acids is 3. The van der Waals surface area contributed by atoms with Crippen LogP contribution in [0.1, 0.15) is 52.6 Å². The largest absolute Gasteiger partial charge is 0.478 e. The summed E-state index contributed by atoms with van der Waals surface area (Å²) in [4.78, 5) is 51.3. The summed E-state index contributed by atoms with van der Waals surface area (Å²) in [5.41, 5.74) is 2.45. The third-order valence-electron chi connectivity index (χ3n) is 6.10. The predicted molar refractivity (Wildman–Crippen MR) is 137 cm³/mol. The number of carbonyl (C=O) groups is 4. The van der Waals surface area contributed by atoms with Gasteiger partial charge in [0.1, 0.15) is 0 Å². The first-order valence-electron chi connectivity index (χ1n) is 11.3. The van der Waals surface area contributed by atoms with Crippen molar-refractivity contribution in [1.29, 1.82) is 0 Å². The number of ketones is 2. The molecule has 0 saturated heterocycles. The molecule has 0 fully saturated rings. The number of rotatable bonds is 6. The number of para-hydroxylation sites is 2. The smallest absolute Gasteiger partial charge is 0.339 e. The number of esters is 1. The zero-order valence-corrected chi connectivity index (χ0v) is 19.6. The maximum atomic E-state index is 13.7. The second-order valence-electron chi connectivity index (χ2n) is 8.25. The third-order valence-corrected chi connectivity index (χ3v) is 6.10. The van der Waals surface area contributed by atoms with Crippen LogP contribution in [0.25, 0.3) is 0 Å². The van der Waals surface area contributed by atoms with E-state index in [9.17, 15) is 24.3 Å². The molecule has 3 N–H and O–H groups in total. The summed E-state index contributed by atoms with van der Waals surface area (Å²) in [5, 5.41) is 15.7. The van der Waals surface area contributed by atoms with E-state index in [1.807, 2.05) is 0 Å². The van der Waals surface area contributed by atoms with Gasteiger partial charge in [-0.15, -0.1) is 0 Å². The van der Waals surface area contributed by atoms with Crippen molar-refractivity contribution in [2.75, 3.05) is 17.7 Å². The molecule has 4 aromatic rings. The van der Waals surface area contributed by atoms with Gasteiger partial charge in [0.15, 0.2) is 11.6 Å². The number of nitrogens with one attached hydrogen (secondary N) is 2. The van der Waals surface area contributed by atoms with Crippen molar-refractivity contribution >= 4 is 46.3 Å². The van der Waals surface area contributed by atoms with Crippen LogP contribution >= 0.6 is 0 Å². The summed E-state index contributed by atoms with van der Waals surface area (Å²) in [6, 6.07) is 22.7. The lowest BCUT2D eigenvalue weighted by Gasteiger charge is -2.23. The number of ether oxygens (including phenoxy) is 1. The minimum Gasteiger partial charge on any atom is -0.478 e. The van der Waals surface area contributed by atoms with Gasteiger partial charge >= 0.3 is 11.9 Å². The SMILES string of the molecule is COC(=O)c1ccccc1Nc1cccc2c1C(=O)c1cccc(Nc3ccccc3C(=O)O)c1C2=O. The standard InChI is InChI=1S/C29H20N2O6/c1-37-29(36)17-9-3-5-13-21(17)31-23-15-7-11-19-25(23)27(33)18-10-6-14-22(24(18)26(19)32)30-20-12-4-2-8-16(20)28(34)35/h2-15,30-31H,1H3,(H,34,35). The van der Waals surface area contributed by atoms with Gasteiger partial charge in [0, 0.05) is 11.1 Å². The Labute approximate surface area is 211 Å². The van der Waals surface area contributed by atoms with Crippen molar-refractivity contribution in [1.82, 2.24) is 0 Å². The highest BCUT2D eigenvalue weighted by Gasteiger charge is 2.34. The average molecular weight is 492 g/mol. The zero-order chi connectivity index (χ0) is 26.1. The van der Waals surface area contributed by atoms with E-state index in [0.29, 0.717) is 22.7 Å². The number of hydrogen-bond acceptors (Lipinski definition) is 7. The van der Waals surface area contributed by atoms with Crippen molar-refractivity contribution in [3.8, 4) is 0 Å². The molecule has 0 saturated carbocycles. The van der Waals surface area contributed by atoms with Crippen LogP contribution in [0, 0.1) is 0 Å². The molecule has 0 aromatic heterocycles. The topological polar surface area (TPSA) is 122 Å². The fourth-order valence-electron chi connectivity index (χ4n) is 4.40. The molecule has 182 valence electrons. The van der Waals surface area contributed by atoms with Crippen LogP contribution in [0.4, 0.5) is 22.7 Å². The van der Waals surface area contributed by atoms with Crippen molar-refractivity contribution in [3.05, 3.63) is 118 Å². The molecule has 0 radical (unpaired) electrons. The maximum Gasteiger partial charge on any atom is 0.339 e. The molecular weight excluding hydrogens is 472 g/mol. The van der Waals surface area contributed by atoms with Gasteiger partial charge in [0.2, 0.25) is 0 Å². The molecule has 8 nitrogen and oxygen atoms in total. The Morgan fingerprint density at radius 2 is 1.05 bits per heavy atom. The molecule has 37 heavy (non-hydrogen) atoms. The van der Waals surface area contributed by atoms with Gasteiger partial charge in [0.05, 0.1) is 52.1 Å². The van der Waals surface area contributed by atoms with Crippen molar-refractivity contribution in [3.63, 3.8) is 0 Å². The Bertz CT molecular complexity index is 1610. The number of aromatic carboxylic acids is 1. The fourth-order valence-corrected chi connectivity index (χ4v) is 4.40. The molecule has 4 aromatic carbocycles. The quantitative estimate of drug-likeness (QED) is 0.268. The van der Waals surface area contributed by atoms with Crippen LogP contribution in [0.2, 0.25) is 0 Å². The van der Waals surface area contributed by atoms with E-state index >= 15 is 0 Å². The summed E-state index contributed by atoms with van der Waals surface area (Å²) >= 11 is 0. The Morgan fingerprint density at radius 3 is 1.54 bits per heavy atom. The highest BCUT2D eigenvalue weighted by molar-refractivity contribution is 6.32. The van der Waals surface area contributed by atoms with Crippen molar-refractivity contribution in [2.24, 2.45) is 0 Å². The summed E-state index contributed by atoms with van der Waals surface area (Å²) in [5.74, 6) is -2.43. The number of hydrogen-bond donors (Lipinski definition) is 3. The van der Waals surface area contributed by atoms with Gasteiger partial charge < -0.3 is 20.5 Å². The molecule has 0 bridgehead atoms. The van der Waals surface area contributed by atoms with Crippen LogP contribution < -0.4 is 10.6 Å². The minimum atomic E-state index is -1.12. The first kappa shape index (κ1) is 23.5. The highest BCUT2D eigenvalue weighted by Crippen LogP contribution is 2.37. The molecule has 1 aliphatic carbocycles. The molecule has 0 atom stereocenters. The van der Waals surface area contributed by atoms with E-state index in [0.717, 1.165) is 0 Å². The minimum absolute atomic E-state index is 0.0332. The number of fused-ring (bicyclic) bond motifs is 2. The predicted octanol–water partition coefficient (Wildman–Crippen LogP) is 5.43. The lowest BCUT2D eigenvalue weighted by atomic mass is 9.82. The van der Waals surface area contributed by atoms with Gasteiger partial charge in [-0.25, -0.2) is 9.59 Å². The van der Waals surface area contributed by atoms with E-state index in [2.05, 4.69) is 10.6 Å². The first-order valence-corrected chi connectivity index (χ1v) is 11.3. The number of carboxylic acids is 1. The molecule has 0 spiro atoms. The Hall–Kier alpha value is -5.24. The molecule has 0 unspecified atom stereocenters. The third kappa shape index (κ3) is 4.10. The van der Waals surface area contributed by atoms with E-state index in [-0.39, 0.29) is 44.9 Å². The normalized spacial score (nSPS) is 11.8. The molecule has 8 heteroatoms. The van der Waals surface area contributed by atoms with Gasteiger partial charge in [-0.3, -0.25) is 9.59 Å². The average Bonchev–Trinajstić information content (AvgIpc) is 2.91. The van der Waals surface area contributed by atoms with Crippen LogP contribution in [-0.4, -0.2) is 35.7 Å². The molecule has 0 aliphatic heterocycles. The molecule has 1 aliphatic rings. The van der Waals surface area contributed by atoms with Gasteiger partial charge in [0.25, 0.3) is 0 Å². The van der Waals surface area contributed by atoms with Gasteiger partial charge in [-0.1, -0.05) is 48.5 Å². The zero-order valence-electron chi connectivity index (χ0n) is 19.6. The monoisotopic (exact) mass is 492 g/mol. The van der Waals surface area contributed by atoms with Crippen LogP contribution in [-0.2, 0) is 4.74 Å². The van der Waals surface area contributed by atoms with Gasteiger partial charge in [-0.2, -0.15) is 0 Å². The lowest BCUT2D eigenvalue weighted by molar-refractivity contribution is 0.0600. The van der Waals surface area contributed by atoms with Crippen molar-refractivity contribution in [2.45, 2.75) is 0 Å². The van der Waals surface area contributed by atoms with Crippen LogP contribution in [0.15, 0.2) is 84.9 Å². The maximum absolute atomic E-state index is 13.7. The van der Waals surface area contributed by atoms with E-state index in [1.165, 1.54) is 13.2 Å². The molecule has 5 rings (SSSR count). The summed E-state index contributed by atoms with van der Waals surface area (Å²) in [7, 11) is 1.28. The molecule has 0 heterocycles. The summed E-state index contributed by atoms with van der Waals surface area (Å²) in [6.45, 7) is 0. The highest BCUT2D eigenvalue weighted by atomic mass is 16.5. The first-order chi connectivity index (χ1) is 17.9. The molecule has 0 amide bonds. The van der Waals surface area contributed by atoms with E-state index < -0.39 is 11.9 Å². The Morgan fingerprint density at radius 1 is 0.622 bits per heavy atom. The second kappa shape index (κ2) is 9.43. The number of anilines is 4. The Balaban J connectivity index is 1.58. The van der Waals surface area contributed by atoms with E-state index in [1.54, 1.807) is 78.9 Å². The number of methoxy groups -OCH3 is 1. The van der Waals surface area contributed by atoms with Crippen molar-refractivity contribution < 1.29 is 29.0 Å². The molecular formula is C29H20N2O6. The Kier molecular flexibility index (Phi) is 5.99. The van der Waals surface area contributed by atoms with Gasteiger partial charge in [-0.05, 0) is 36.4 Å². The lowest BCUT2D eigenvalue weighted by Crippen LogP contribution is -2.23. The summed E-state index contributed by atoms with van der Waals surface area (Å²) < 4.78 is 4.85. The van der Waals surface area contributed by atoms with E-state index in [4.69, 9.17) is 4.74 Å². The number of benzene rings is 4. The summed E-state index contributed by atoms with van der Waals surface area (Å²) in [6.07, 6.45) is 0.